The molecule has 0 bridgehead atoms. The number of nitriles is 1. The molecule has 2 saturated carbocycles. The number of rotatable bonds is 6. The van der Waals surface area contributed by atoms with Crippen LogP contribution < -0.4 is 0 Å². The summed E-state index contributed by atoms with van der Waals surface area (Å²) in [6.45, 7) is 27.2. The Morgan fingerprint density at radius 3 is 1.34 bits per heavy atom. The standard InChI is InChI=1S/C20H32O5Si2.C2H3N.2CO.Fe/c1-9-24-18(22)20(19(23)25-10-2)11-13-14(12-20)17(27(6,7)8)15(21)16(13)26(3,4)5;1-2-3;2*1-2;/h9-12H2,1-8H3;1H3;;;/q;;;;+2. The molecule has 0 aromatic rings. The molecule has 2 rings (SSSR count). The van der Waals surface area contributed by atoms with E-state index in [2.05, 4.69) is 52.6 Å². The van der Waals surface area contributed by atoms with Gasteiger partial charge in [0.25, 0.3) is 0 Å². The molecule has 0 heterocycles. The molecule has 8 nitrogen and oxygen atoms in total. The molecular weight excluding hydrogens is 526 g/mol. The van der Waals surface area contributed by atoms with Crippen molar-refractivity contribution in [1.82, 2.24) is 0 Å². The Labute approximate surface area is 222 Å². The van der Waals surface area contributed by atoms with Gasteiger partial charge in [0.05, 0.1) is 35.4 Å². The number of hydrogen-bond donors (Lipinski definition) is 0. The molecule has 0 aliphatic heterocycles. The molecule has 0 unspecified atom stereocenters. The van der Waals surface area contributed by atoms with Crippen molar-refractivity contribution in [2.45, 2.75) is 72.9 Å². The summed E-state index contributed by atoms with van der Waals surface area (Å²) in [5, 5.41) is 7.32. The Morgan fingerprint density at radius 1 is 0.886 bits per heavy atom. The number of hydrogen-bond acceptors (Lipinski definition) is 6. The van der Waals surface area contributed by atoms with Crippen molar-refractivity contribution in [2.75, 3.05) is 13.2 Å². The van der Waals surface area contributed by atoms with E-state index in [1.165, 1.54) is 6.92 Å². The van der Waals surface area contributed by atoms with E-state index < -0.39 is 33.5 Å². The monoisotopic (exact) mass is 561 g/mol. The summed E-state index contributed by atoms with van der Waals surface area (Å²) in [5.41, 5.74) is 0.406. The minimum Gasteiger partial charge on any atom is 2.00 e. The molecule has 11 heteroatoms. The second-order valence-electron chi connectivity index (χ2n) is 9.64. The number of Topliss-reactive ketones (excluding diaryl/α,β-unsaturated/α-hetero) is 1. The van der Waals surface area contributed by atoms with Crippen molar-refractivity contribution < 1.29 is 50.2 Å². The zero-order valence-electron chi connectivity index (χ0n) is 22.0. The SMILES string of the molecule is CC#N.CCOC(=O)C1(C(=O)OCC)C[C]2[C](C1)[C]([Si](C)(C)C)C(=O)[C]2[Si](C)(C)C.[C-]#[O+].[C-]#[O+].[Fe+2]. The zero-order valence-corrected chi connectivity index (χ0v) is 25.1. The fourth-order valence-electron chi connectivity index (χ4n) is 4.25. The molecule has 2 aliphatic rings. The number of carbonyl (C=O) groups is 3. The average molecular weight is 562 g/mol. The summed E-state index contributed by atoms with van der Waals surface area (Å²) in [5.74, 6) is 0.959. The van der Waals surface area contributed by atoms with Crippen LogP contribution >= 0.6 is 0 Å². The largest absolute Gasteiger partial charge is 2.00 e. The van der Waals surface area contributed by atoms with E-state index in [0.717, 1.165) is 22.9 Å². The Hall–Kier alpha value is -1.47. The predicted octanol–water partition coefficient (Wildman–Crippen LogP) is 3.98. The smallest absolute Gasteiger partial charge is 2.00 e. The summed E-state index contributed by atoms with van der Waals surface area (Å²) < 4.78 is 25.6. The van der Waals surface area contributed by atoms with Crippen LogP contribution in [0.5, 0.6) is 0 Å². The van der Waals surface area contributed by atoms with Gasteiger partial charge in [0.1, 0.15) is 5.78 Å². The van der Waals surface area contributed by atoms with Gasteiger partial charge in [-0.25, -0.2) is 0 Å². The van der Waals surface area contributed by atoms with Gasteiger partial charge in [0, 0.05) is 18.0 Å². The third kappa shape index (κ3) is 8.85. The minimum absolute atomic E-state index is 0. The number of carbonyl (C=O) groups excluding carboxylic acids is 3. The third-order valence-corrected chi connectivity index (χ3v) is 9.27. The van der Waals surface area contributed by atoms with Gasteiger partial charge in [0.2, 0.25) is 0 Å². The number of ketones is 1. The molecule has 0 N–H and O–H groups in total. The van der Waals surface area contributed by atoms with Gasteiger partial charge in [-0.15, -0.1) is 0 Å². The van der Waals surface area contributed by atoms with E-state index in [-0.39, 0.29) is 48.9 Å². The fourth-order valence-corrected chi connectivity index (χ4v) is 8.28. The second-order valence-corrected chi connectivity index (χ2v) is 19.6. The van der Waals surface area contributed by atoms with Crippen LogP contribution in [0.3, 0.4) is 0 Å². The second kappa shape index (κ2) is 16.3. The van der Waals surface area contributed by atoms with Crippen molar-refractivity contribution >= 4 is 33.9 Å². The fraction of sp³-hybridized carbons (Fsp3) is 0.583. The molecule has 0 aromatic carbocycles. The molecule has 0 atom stereocenters. The van der Waals surface area contributed by atoms with Crippen molar-refractivity contribution in [2.24, 2.45) is 5.41 Å². The first-order valence-corrected chi connectivity index (χ1v) is 17.8. The van der Waals surface area contributed by atoms with E-state index in [9.17, 15) is 14.4 Å². The summed E-state index contributed by atoms with van der Waals surface area (Å²) in [6.07, 6.45) is 0.443. The van der Waals surface area contributed by atoms with E-state index >= 15 is 0 Å². The van der Waals surface area contributed by atoms with E-state index in [1.54, 1.807) is 19.9 Å². The summed E-state index contributed by atoms with van der Waals surface area (Å²) in [7, 11) is -3.91. The Bertz CT molecular complexity index is 736. The van der Waals surface area contributed by atoms with Crippen LogP contribution in [0.15, 0.2) is 0 Å². The topological polar surface area (TPSA) is 133 Å². The number of esters is 2. The first kappa shape index (κ1) is 38.1. The normalized spacial score (nSPS) is 17.4. The molecular formula is C24H35FeNO7Si2+2. The van der Waals surface area contributed by atoms with Gasteiger partial charge in [-0.2, -0.15) is 5.26 Å². The van der Waals surface area contributed by atoms with Gasteiger partial charge in [-0.3, -0.25) is 14.4 Å². The average Bonchev–Trinajstić information content (AvgIpc) is 3.23. The molecule has 35 heavy (non-hydrogen) atoms. The maximum Gasteiger partial charge on any atom is 2.00 e. The van der Waals surface area contributed by atoms with Gasteiger partial charge < -0.3 is 9.47 Å². The van der Waals surface area contributed by atoms with Crippen molar-refractivity contribution in [1.29, 1.82) is 5.26 Å². The van der Waals surface area contributed by atoms with Gasteiger partial charge in [-0.05, 0) is 38.5 Å². The molecule has 0 spiro atoms. The predicted molar refractivity (Wildman–Crippen MR) is 129 cm³/mol. The van der Waals surface area contributed by atoms with Crippen molar-refractivity contribution in [3.05, 3.63) is 36.2 Å². The number of ether oxygens (including phenoxy) is 2. The molecule has 4 radical (unpaired) electrons. The van der Waals surface area contributed by atoms with E-state index in [0.29, 0.717) is 0 Å². The van der Waals surface area contributed by atoms with Gasteiger partial charge >= 0.3 is 51.6 Å². The Morgan fingerprint density at radius 2 is 1.14 bits per heavy atom. The van der Waals surface area contributed by atoms with Crippen LogP contribution in [0, 0.1) is 53.0 Å². The van der Waals surface area contributed by atoms with Crippen LogP contribution in [0.25, 0.3) is 0 Å². The Kier molecular flexibility index (Phi) is 17.7. The van der Waals surface area contributed by atoms with Crippen LogP contribution in [0.2, 0.25) is 39.3 Å². The van der Waals surface area contributed by atoms with Crippen LogP contribution in [-0.4, -0.2) is 47.1 Å². The van der Waals surface area contributed by atoms with Crippen LogP contribution in [0.1, 0.15) is 33.6 Å². The Balaban J connectivity index is -0.00000116. The summed E-state index contributed by atoms with van der Waals surface area (Å²) in [4.78, 5) is 39.1. The summed E-state index contributed by atoms with van der Waals surface area (Å²) >= 11 is 0. The van der Waals surface area contributed by atoms with Crippen LogP contribution in [-0.2, 0) is 50.2 Å². The number of fused-ring (bicyclic) bond motifs is 1. The minimum atomic E-state index is -1.96. The molecule has 0 saturated heterocycles. The van der Waals surface area contributed by atoms with Gasteiger partial charge in [-0.1, -0.05) is 39.3 Å². The molecule has 0 aromatic heterocycles. The van der Waals surface area contributed by atoms with Gasteiger partial charge in [0.15, 0.2) is 5.41 Å². The first-order valence-electron chi connectivity index (χ1n) is 10.8. The number of nitrogens with zero attached hydrogens (tertiary/aromatic N) is 1. The van der Waals surface area contributed by atoms with Crippen molar-refractivity contribution in [3.8, 4) is 6.07 Å². The van der Waals surface area contributed by atoms with E-state index in [1.807, 2.05) is 0 Å². The molecule has 2 aliphatic carbocycles. The maximum atomic E-state index is 13.3. The maximum absolute atomic E-state index is 13.3. The first-order chi connectivity index (χ1) is 15.7. The molecule has 0 amide bonds. The molecule has 192 valence electrons. The van der Waals surface area contributed by atoms with Crippen molar-refractivity contribution in [3.63, 3.8) is 0 Å². The van der Waals surface area contributed by atoms with Crippen LogP contribution in [0.4, 0.5) is 0 Å². The summed E-state index contributed by atoms with van der Waals surface area (Å²) in [6, 6.07) is 1.75. The van der Waals surface area contributed by atoms with E-state index in [4.69, 9.17) is 24.0 Å². The quantitative estimate of drug-likeness (QED) is 0.158. The third-order valence-electron chi connectivity index (χ3n) is 5.21. The molecule has 2 fully saturated rings. The zero-order chi connectivity index (χ0) is 27.5.